The lowest BCUT2D eigenvalue weighted by molar-refractivity contribution is 0.0224. The summed E-state index contributed by atoms with van der Waals surface area (Å²) in [5.41, 5.74) is 0.262. The maximum absolute atomic E-state index is 14.7. The average Bonchev–Trinajstić information content (AvgIpc) is 2.79. The number of benzene rings is 1. The number of hydrogen-bond acceptors (Lipinski definition) is 6. The van der Waals surface area contributed by atoms with E-state index in [0.29, 0.717) is 17.9 Å². The van der Waals surface area contributed by atoms with Crippen molar-refractivity contribution in [1.29, 1.82) is 0 Å². The van der Waals surface area contributed by atoms with Crippen LogP contribution in [0.15, 0.2) is 30.5 Å². The fourth-order valence-corrected chi connectivity index (χ4v) is 5.22. The molecule has 2 aliphatic heterocycles. The molecule has 1 spiro atoms. The number of halogens is 4. The van der Waals surface area contributed by atoms with E-state index in [1.165, 1.54) is 12.1 Å². The third-order valence-electron chi connectivity index (χ3n) is 7.24. The summed E-state index contributed by atoms with van der Waals surface area (Å²) in [7, 11) is 0. The first-order valence-electron chi connectivity index (χ1n) is 11.8. The highest BCUT2D eigenvalue weighted by molar-refractivity contribution is 5.94. The van der Waals surface area contributed by atoms with E-state index in [9.17, 15) is 17.6 Å². The number of aryl methyl sites for hydroxylation is 1. The van der Waals surface area contributed by atoms with Crippen LogP contribution < -0.4 is 10.2 Å². The van der Waals surface area contributed by atoms with Crippen LogP contribution >= 0.6 is 0 Å². The standard InChI is InChI=1S/C25H28F4N6/c1-15(17-5-3-6-18(22(17)27)23(28)29)31-24-19-11-21(30-12-20(19)16(2)32-33-24)35-10-7-25(35)13-34(14-25)9-4-8-26/h3,5-6,11-12,15,23H,4,7-10,13-14H2,1-2H3,(H,31,33)/t15-/m1/s1. The molecule has 1 atom stereocenters. The second-order valence-corrected chi connectivity index (χ2v) is 9.52. The zero-order valence-corrected chi connectivity index (χ0v) is 19.7. The molecule has 0 amide bonds. The normalized spacial score (nSPS) is 18.1. The maximum atomic E-state index is 14.7. The highest BCUT2D eigenvalue weighted by Gasteiger charge is 2.53. The van der Waals surface area contributed by atoms with Gasteiger partial charge in [0, 0.05) is 48.7 Å². The van der Waals surface area contributed by atoms with Crippen molar-refractivity contribution in [2.75, 3.05) is 43.1 Å². The van der Waals surface area contributed by atoms with Crippen LogP contribution in [-0.2, 0) is 0 Å². The van der Waals surface area contributed by atoms with E-state index < -0.39 is 23.8 Å². The van der Waals surface area contributed by atoms with Gasteiger partial charge in [-0.25, -0.2) is 18.2 Å². The number of aromatic nitrogens is 3. The van der Waals surface area contributed by atoms with Crippen LogP contribution in [0.1, 0.15) is 49.1 Å². The zero-order valence-electron chi connectivity index (χ0n) is 19.7. The van der Waals surface area contributed by atoms with E-state index >= 15 is 0 Å². The van der Waals surface area contributed by atoms with Crippen LogP contribution in [0.25, 0.3) is 10.8 Å². The Morgan fingerprint density at radius 1 is 1.14 bits per heavy atom. The molecule has 1 N–H and O–H groups in total. The van der Waals surface area contributed by atoms with Crippen LogP contribution in [0.5, 0.6) is 0 Å². The molecule has 4 heterocycles. The first-order valence-corrected chi connectivity index (χ1v) is 11.8. The van der Waals surface area contributed by atoms with Gasteiger partial charge in [0.05, 0.1) is 29.5 Å². The van der Waals surface area contributed by atoms with E-state index in [-0.39, 0.29) is 17.8 Å². The maximum Gasteiger partial charge on any atom is 0.266 e. The summed E-state index contributed by atoms with van der Waals surface area (Å²) in [4.78, 5) is 9.23. The summed E-state index contributed by atoms with van der Waals surface area (Å²) in [5.74, 6) is 0.346. The predicted molar refractivity (Wildman–Crippen MR) is 127 cm³/mol. The zero-order chi connectivity index (χ0) is 24.7. The molecule has 0 bridgehead atoms. The molecular weight excluding hydrogens is 460 g/mol. The van der Waals surface area contributed by atoms with Gasteiger partial charge in [-0.3, -0.25) is 9.29 Å². The van der Waals surface area contributed by atoms with Gasteiger partial charge in [0.25, 0.3) is 6.43 Å². The third kappa shape index (κ3) is 4.17. The van der Waals surface area contributed by atoms with Gasteiger partial charge in [-0.05, 0) is 32.8 Å². The number of nitrogens with one attached hydrogen (secondary N) is 1. The van der Waals surface area contributed by atoms with Crippen molar-refractivity contribution < 1.29 is 17.6 Å². The number of fused-ring (bicyclic) bond motifs is 1. The molecule has 35 heavy (non-hydrogen) atoms. The highest BCUT2D eigenvalue weighted by Crippen LogP contribution is 2.43. The van der Waals surface area contributed by atoms with Gasteiger partial charge in [0.1, 0.15) is 11.6 Å². The van der Waals surface area contributed by atoms with Crippen molar-refractivity contribution in [3.63, 3.8) is 0 Å². The minimum absolute atomic E-state index is 0.0339. The van der Waals surface area contributed by atoms with Gasteiger partial charge in [-0.15, -0.1) is 5.10 Å². The molecule has 1 aromatic carbocycles. The lowest BCUT2D eigenvalue weighted by Crippen LogP contribution is -2.77. The van der Waals surface area contributed by atoms with Crippen LogP contribution in [0.2, 0.25) is 0 Å². The van der Waals surface area contributed by atoms with Crippen molar-refractivity contribution in [2.45, 2.75) is 44.7 Å². The minimum Gasteiger partial charge on any atom is -0.361 e. The molecule has 0 radical (unpaired) electrons. The SMILES string of the molecule is Cc1nnc(N[C@H](C)c2cccc(C(F)F)c2F)c2cc(N3CCC34CN(CCCF)C4)ncc12. The van der Waals surface area contributed by atoms with Crippen molar-refractivity contribution in [2.24, 2.45) is 0 Å². The number of alkyl halides is 3. The van der Waals surface area contributed by atoms with Crippen molar-refractivity contribution in [3.8, 4) is 0 Å². The van der Waals surface area contributed by atoms with Crippen molar-refractivity contribution in [1.82, 2.24) is 20.1 Å². The molecular formula is C25H28F4N6. The average molecular weight is 489 g/mol. The molecule has 186 valence electrons. The topological polar surface area (TPSA) is 57.2 Å². The van der Waals surface area contributed by atoms with Gasteiger partial charge in [-0.1, -0.05) is 18.2 Å². The van der Waals surface area contributed by atoms with Crippen LogP contribution in [0, 0.1) is 12.7 Å². The quantitative estimate of drug-likeness (QED) is 0.440. The van der Waals surface area contributed by atoms with Crippen LogP contribution in [0.4, 0.5) is 29.2 Å². The van der Waals surface area contributed by atoms with Gasteiger partial charge in [0.2, 0.25) is 0 Å². The number of pyridine rings is 1. The molecule has 2 fully saturated rings. The van der Waals surface area contributed by atoms with Gasteiger partial charge < -0.3 is 10.2 Å². The summed E-state index contributed by atoms with van der Waals surface area (Å²) in [6.45, 7) is 6.68. The largest absolute Gasteiger partial charge is 0.361 e. The van der Waals surface area contributed by atoms with E-state index in [1.54, 1.807) is 13.1 Å². The predicted octanol–water partition coefficient (Wildman–Crippen LogP) is 5.21. The second-order valence-electron chi connectivity index (χ2n) is 9.52. The van der Waals surface area contributed by atoms with Crippen LogP contribution in [0.3, 0.4) is 0 Å². The number of anilines is 2. The Morgan fingerprint density at radius 2 is 1.91 bits per heavy atom. The van der Waals surface area contributed by atoms with Gasteiger partial charge >= 0.3 is 0 Å². The summed E-state index contributed by atoms with van der Waals surface area (Å²) in [6.07, 6.45) is 0.498. The van der Waals surface area contributed by atoms with Gasteiger partial charge in [-0.2, -0.15) is 5.10 Å². The Balaban J connectivity index is 1.42. The van der Waals surface area contributed by atoms with E-state index in [2.05, 4.69) is 30.3 Å². The Kier molecular flexibility index (Phi) is 6.25. The monoisotopic (exact) mass is 488 g/mol. The molecule has 10 heteroatoms. The van der Waals surface area contributed by atoms with Gasteiger partial charge in [0.15, 0.2) is 5.82 Å². The Labute approximate surface area is 201 Å². The summed E-state index contributed by atoms with van der Waals surface area (Å²) < 4.78 is 53.6. The molecule has 0 saturated carbocycles. The number of rotatable bonds is 8. The molecule has 0 aliphatic carbocycles. The first kappa shape index (κ1) is 23.7. The fourth-order valence-electron chi connectivity index (χ4n) is 5.22. The van der Waals surface area contributed by atoms with Crippen LogP contribution in [-0.4, -0.2) is 58.5 Å². The smallest absolute Gasteiger partial charge is 0.266 e. The number of hydrogen-bond donors (Lipinski definition) is 1. The highest BCUT2D eigenvalue weighted by atomic mass is 19.3. The summed E-state index contributed by atoms with van der Waals surface area (Å²) in [5, 5.41) is 13.3. The van der Waals surface area contributed by atoms with E-state index in [4.69, 9.17) is 0 Å². The minimum atomic E-state index is -2.89. The molecule has 2 aliphatic rings. The molecule has 2 saturated heterocycles. The molecule has 3 aromatic rings. The number of nitrogens with zero attached hydrogens (tertiary/aromatic N) is 5. The Hall–Kier alpha value is -3.01. The molecule has 5 rings (SSSR count). The second kappa shape index (κ2) is 9.22. The molecule has 2 aromatic heterocycles. The lowest BCUT2D eigenvalue weighted by atomic mass is 9.77. The Bertz CT molecular complexity index is 1230. The summed E-state index contributed by atoms with van der Waals surface area (Å²) >= 11 is 0. The third-order valence-corrected chi connectivity index (χ3v) is 7.24. The molecule has 6 nitrogen and oxygen atoms in total. The van der Waals surface area contributed by atoms with Crippen molar-refractivity contribution in [3.05, 3.63) is 53.1 Å². The number of likely N-dealkylation sites (tertiary alicyclic amines) is 1. The van der Waals surface area contributed by atoms with E-state index in [1.807, 2.05) is 13.0 Å². The molecule has 0 unspecified atom stereocenters. The van der Waals surface area contributed by atoms with E-state index in [0.717, 1.165) is 55.3 Å². The summed E-state index contributed by atoms with van der Waals surface area (Å²) in [6, 6.07) is 5.36. The Morgan fingerprint density at radius 3 is 2.60 bits per heavy atom. The fraction of sp³-hybridized carbons (Fsp3) is 0.480. The van der Waals surface area contributed by atoms with Crippen molar-refractivity contribution >= 4 is 22.4 Å². The lowest BCUT2D eigenvalue weighted by Gasteiger charge is -2.63. The first-order chi connectivity index (χ1) is 16.8.